The van der Waals surface area contributed by atoms with E-state index in [-0.39, 0.29) is 6.04 Å². The van der Waals surface area contributed by atoms with Gasteiger partial charge in [-0.15, -0.1) is 10.2 Å². The van der Waals surface area contributed by atoms with Crippen LogP contribution in [0.15, 0.2) is 35.7 Å². The SMILES string of the molecule is CNC(CSc1nncn1C)c1ccc(OC)cc1. The van der Waals surface area contributed by atoms with Crippen molar-refractivity contribution in [3.05, 3.63) is 36.2 Å². The largest absolute Gasteiger partial charge is 0.497 e. The molecule has 102 valence electrons. The fourth-order valence-corrected chi connectivity index (χ4v) is 2.77. The maximum Gasteiger partial charge on any atom is 0.190 e. The molecule has 1 aromatic heterocycles. The van der Waals surface area contributed by atoms with Gasteiger partial charge in [0.15, 0.2) is 5.16 Å². The molecule has 1 heterocycles. The molecular weight excluding hydrogens is 260 g/mol. The van der Waals surface area contributed by atoms with E-state index in [9.17, 15) is 0 Å². The summed E-state index contributed by atoms with van der Waals surface area (Å²) in [5.74, 6) is 1.77. The molecule has 1 N–H and O–H groups in total. The Morgan fingerprint density at radius 3 is 2.63 bits per heavy atom. The number of methoxy groups -OCH3 is 1. The highest BCUT2D eigenvalue weighted by Crippen LogP contribution is 2.24. The van der Waals surface area contributed by atoms with E-state index in [4.69, 9.17) is 4.74 Å². The quantitative estimate of drug-likeness (QED) is 0.818. The molecule has 0 aliphatic heterocycles. The lowest BCUT2D eigenvalue weighted by Crippen LogP contribution is -2.18. The Morgan fingerprint density at radius 1 is 1.37 bits per heavy atom. The van der Waals surface area contributed by atoms with Crippen LogP contribution >= 0.6 is 11.8 Å². The van der Waals surface area contributed by atoms with Gasteiger partial charge in [0, 0.05) is 18.8 Å². The van der Waals surface area contributed by atoms with E-state index in [1.807, 2.05) is 30.8 Å². The topological polar surface area (TPSA) is 52.0 Å². The number of thioether (sulfide) groups is 1. The molecule has 19 heavy (non-hydrogen) atoms. The Bertz CT molecular complexity index is 512. The van der Waals surface area contributed by atoms with Gasteiger partial charge in [0.05, 0.1) is 7.11 Å². The standard InChI is InChI=1S/C13H18N4OS/c1-14-12(8-19-13-16-15-9-17(13)2)10-4-6-11(18-3)7-5-10/h4-7,9,12,14H,8H2,1-3H3. The van der Waals surface area contributed by atoms with Crippen molar-refractivity contribution in [1.82, 2.24) is 20.1 Å². The summed E-state index contributed by atoms with van der Waals surface area (Å²) in [5.41, 5.74) is 1.23. The van der Waals surface area contributed by atoms with Gasteiger partial charge in [0.1, 0.15) is 12.1 Å². The fraction of sp³-hybridized carbons (Fsp3) is 0.385. The number of aromatic nitrogens is 3. The minimum atomic E-state index is 0.271. The summed E-state index contributed by atoms with van der Waals surface area (Å²) < 4.78 is 7.09. The number of hydrogen-bond donors (Lipinski definition) is 1. The summed E-state index contributed by atoms with van der Waals surface area (Å²) in [6, 6.07) is 8.39. The van der Waals surface area contributed by atoms with E-state index in [1.165, 1.54) is 5.56 Å². The first-order chi connectivity index (χ1) is 9.24. The third-order valence-electron chi connectivity index (χ3n) is 2.92. The molecule has 2 rings (SSSR count). The van der Waals surface area contributed by atoms with Crippen LogP contribution in [0.4, 0.5) is 0 Å². The lowest BCUT2D eigenvalue weighted by atomic mass is 10.1. The van der Waals surface area contributed by atoms with Gasteiger partial charge in [-0.05, 0) is 24.7 Å². The molecule has 1 aromatic carbocycles. The summed E-state index contributed by atoms with van der Waals surface area (Å²) >= 11 is 1.69. The lowest BCUT2D eigenvalue weighted by molar-refractivity contribution is 0.414. The molecule has 1 unspecified atom stereocenters. The molecule has 0 radical (unpaired) electrons. The van der Waals surface area contributed by atoms with Crippen molar-refractivity contribution in [3.63, 3.8) is 0 Å². The van der Waals surface area contributed by atoms with Gasteiger partial charge < -0.3 is 14.6 Å². The fourth-order valence-electron chi connectivity index (χ4n) is 1.74. The van der Waals surface area contributed by atoms with Gasteiger partial charge in [-0.25, -0.2) is 0 Å². The average Bonchev–Trinajstić information content (AvgIpc) is 2.86. The summed E-state index contributed by atoms with van der Waals surface area (Å²) in [7, 11) is 5.59. The third kappa shape index (κ3) is 3.48. The van der Waals surface area contributed by atoms with Crippen molar-refractivity contribution >= 4 is 11.8 Å². The molecule has 0 aliphatic rings. The first-order valence-electron chi connectivity index (χ1n) is 6.02. The third-order valence-corrected chi connectivity index (χ3v) is 4.04. The second-order valence-electron chi connectivity index (χ2n) is 4.15. The van der Waals surface area contributed by atoms with Crippen LogP contribution in [0, 0.1) is 0 Å². The van der Waals surface area contributed by atoms with Gasteiger partial charge in [0.25, 0.3) is 0 Å². The molecule has 0 amide bonds. The predicted octanol–water partition coefficient (Wildman–Crippen LogP) is 1.88. The molecule has 0 saturated carbocycles. The second kappa shape index (κ2) is 6.58. The van der Waals surface area contributed by atoms with Crippen molar-refractivity contribution < 1.29 is 4.74 Å². The molecule has 0 saturated heterocycles. The molecule has 0 aliphatic carbocycles. The van der Waals surface area contributed by atoms with Crippen molar-refractivity contribution in [3.8, 4) is 5.75 Å². The number of rotatable bonds is 6. The molecule has 0 fully saturated rings. The van der Waals surface area contributed by atoms with Crippen LogP contribution in [0.5, 0.6) is 5.75 Å². The monoisotopic (exact) mass is 278 g/mol. The van der Waals surface area contributed by atoms with Crippen LogP contribution in [0.2, 0.25) is 0 Å². The van der Waals surface area contributed by atoms with Crippen LogP contribution in [-0.4, -0.2) is 34.7 Å². The van der Waals surface area contributed by atoms with Crippen LogP contribution in [0.1, 0.15) is 11.6 Å². The van der Waals surface area contributed by atoms with Gasteiger partial charge in [-0.1, -0.05) is 23.9 Å². The molecule has 0 spiro atoms. The molecule has 0 bridgehead atoms. The second-order valence-corrected chi connectivity index (χ2v) is 5.14. The van der Waals surface area contributed by atoms with Crippen molar-refractivity contribution in [2.75, 3.05) is 19.9 Å². The predicted molar refractivity (Wildman–Crippen MR) is 76.5 cm³/mol. The summed E-state index contributed by atoms with van der Waals surface area (Å²) in [6.07, 6.45) is 1.71. The number of nitrogens with zero attached hydrogens (tertiary/aromatic N) is 3. The highest BCUT2D eigenvalue weighted by atomic mass is 32.2. The van der Waals surface area contributed by atoms with Crippen molar-refractivity contribution in [1.29, 1.82) is 0 Å². The maximum atomic E-state index is 5.17. The van der Waals surface area contributed by atoms with Gasteiger partial charge in [-0.2, -0.15) is 0 Å². The first kappa shape index (κ1) is 13.9. The van der Waals surface area contributed by atoms with E-state index >= 15 is 0 Å². The summed E-state index contributed by atoms with van der Waals surface area (Å²) in [5, 5.41) is 12.2. The molecule has 2 aromatic rings. The Kier molecular flexibility index (Phi) is 4.81. The lowest BCUT2D eigenvalue weighted by Gasteiger charge is -2.16. The Morgan fingerprint density at radius 2 is 2.11 bits per heavy atom. The summed E-state index contributed by atoms with van der Waals surface area (Å²) in [6.45, 7) is 0. The number of hydrogen-bond acceptors (Lipinski definition) is 5. The van der Waals surface area contributed by atoms with Crippen LogP contribution in [0.25, 0.3) is 0 Å². The zero-order chi connectivity index (χ0) is 13.7. The minimum Gasteiger partial charge on any atom is -0.497 e. The Hall–Kier alpha value is -1.53. The molecule has 1 atom stereocenters. The molecule has 6 heteroatoms. The van der Waals surface area contributed by atoms with Gasteiger partial charge >= 0.3 is 0 Å². The minimum absolute atomic E-state index is 0.271. The summed E-state index contributed by atoms with van der Waals surface area (Å²) in [4.78, 5) is 0. The highest BCUT2D eigenvalue weighted by Gasteiger charge is 2.11. The van der Waals surface area contributed by atoms with E-state index in [1.54, 1.807) is 25.2 Å². The molecular formula is C13H18N4OS. The number of ether oxygens (including phenoxy) is 1. The van der Waals surface area contributed by atoms with Crippen LogP contribution in [0.3, 0.4) is 0 Å². The Balaban J connectivity index is 2.01. The normalized spacial score (nSPS) is 12.4. The van der Waals surface area contributed by atoms with Crippen molar-refractivity contribution in [2.24, 2.45) is 7.05 Å². The first-order valence-corrected chi connectivity index (χ1v) is 7.01. The smallest absolute Gasteiger partial charge is 0.190 e. The zero-order valence-corrected chi connectivity index (χ0v) is 12.1. The molecule has 5 nitrogen and oxygen atoms in total. The average molecular weight is 278 g/mol. The van der Waals surface area contributed by atoms with E-state index in [0.717, 1.165) is 16.7 Å². The zero-order valence-electron chi connectivity index (χ0n) is 11.3. The van der Waals surface area contributed by atoms with E-state index in [0.29, 0.717) is 0 Å². The van der Waals surface area contributed by atoms with Gasteiger partial charge in [0.2, 0.25) is 0 Å². The number of nitrogens with one attached hydrogen (secondary N) is 1. The number of benzene rings is 1. The Labute approximate surface area is 117 Å². The maximum absolute atomic E-state index is 5.17. The van der Waals surface area contributed by atoms with E-state index < -0.39 is 0 Å². The number of aryl methyl sites for hydroxylation is 1. The van der Waals surface area contributed by atoms with Gasteiger partial charge in [-0.3, -0.25) is 0 Å². The van der Waals surface area contributed by atoms with Crippen LogP contribution < -0.4 is 10.1 Å². The van der Waals surface area contributed by atoms with E-state index in [2.05, 4.69) is 27.6 Å². The van der Waals surface area contributed by atoms with Crippen LogP contribution in [-0.2, 0) is 7.05 Å². The van der Waals surface area contributed by atoms with Crippen molar-refractivity contribution in [2.45, 2.75) is 11.2 Å². The highest BCUT2D eigenvalue weighted by molar-refractivity contribution is 7.99.